The lowest BCUT2D eigenvalue weighted by Crippen LogP contribution is -2.37. The van der Waals surface area contributed by atoms with Crippen LogP contribution in [-0.2, 0) is 46.7 Å². The summed E-state index contributed by atoms with van der Waals surface area (Å²) >= 11 is 0. The van der Waals surface area contributed by atoms with E-state index in [2.05, 4.69) is 23.5 Å². The Morgan fingerprint density at radius 3 is 2.40 bits per heavy atom. The van der Waals surface area contributed by atoms with Gasteiger partial charge < -0.3 is 29.4 Å². The Hall–Kier alpha value is -4.17. The highest BCUT2D eigenvalue weighted by Crippen LogP contribution is 2.28. The Morgan fingerprint density at radius 1 is 0.889 bits per heavy atom. The van der Waals surface area contributed by atoms with Gasteiger partial charge in [0.25, 0.3) is 0 Å². The largest absolute Gasteiger partial charge is 0.489 e. The van der Waals surface area contributed by atoms with E-state index in [0.29, 0.717) is 45.1 Å². The summed E-state index contributed by atoms with van der Waals surface area (Å²) in [5.74, 6) is 1.09. The Balaban J connectivity index is 1.18. The Bertz CT molecular complexity index is 1490. The van der Waals surface area contributed by atoms with Crippen LogP contribution >= 0.6 is 0 Å². The van der Waals surface area contributed by atoms with Gasteiger partial charge in [0.05, 0.1) is 25.9 Å². The predicted octanol–water partition coefficient (Wildman–Crippen LogP) is 6.15. The van der Waals surface area contributed by atoms with Crippen molar-refractivity contribution in [1.29, 1.82) is 0 Å². The normalized spacial score (nSPS) is 14.8. The van der Waals surface area contributed by atoms with Crippen molar-refractivity contribution in [3.63, 3.8) is 0 Å². The number of carbonyl (C=O) groups excluding carboxylic acids is 1. The predicted molar refractivity (Wildman–Crippen MR) is 174 cm³/mol. The second kappa shape index (κ2) is 16.8. The number of aliphatic hydroxyl groups is 1. The molecule has 0 spiro atoms. The van der Waals surface area contributed by atoms with Crippen molar-refractivity contribution in [2.45, 2.75) is 58.0 Å². The Labute approximate surface area is 266 Å². The number of aliphatic hydroxyl groups excluding tert-OH is 1. The molecule has 5 rings (SSSR count). The number of rotatable bonds is 16. The van der Waals surface area contributed by atoms with Crippen LogP contribution in [0.2, 0.25) is 0 Å². The maximum atomic E-state index is 11.7. The van der Waals surface area contributed by atoms with E-state index >= 15 is 0 Å². The molecular weight excluding hydrogens is 566 g/mol. The third-order valence-corrected chi connectivity index (χ3v) is 8.00. The first-order valence-electron chi connectivity index (χ1n) is 15.8. The Morgan fingerprint density at radius 2 is 1.64 bits per heavy atom. The fourth-order valence-electron chi connectivity index (χ4n) is 5.56. The molecule has 1 aliphatic carbocycles. The number of fused-ring (bicyclic) bond motifs is 1. The minimum atomic E-state index is -0.669. The van der Waals surface area contributed by atoms with E-state index in [1.165, 1.54) is 11.1 Å². The van der Waals surface area contributed by atoms with E-state index in [1.807, 2.05) is 78.9 Å². The maximum Gasteiger partial charge on any atom is 0.344 e. The zero-order valence-corrected chi connectivity index (χ0v) is 26.0. The number of hydrogen-bond acceptors (Lipinski definition) is 7. The zero-order chi connectivity index (χ0) is 31.3. The summed E-state index contributed by atoms with van der Waals surface area (Å²) in [5.41, 5.74) is 6.59. The van der Waals surface area contributed by atoms with Crippen LogP contribution in [0.25, 0.3) is 0 Å². The number of aryl methyl sites for hydroxylation is 1. The highest BCUT2D eigenvalue weighted by molar-refractivity contribution is 5.71. The van der Waals surface area contributed by atoms with Gasteiger partial charge in [0, 0.05) is 12.6 Å². The Kier molecular flexibility index (Phi) is 12.0. The highest BCUT2D eigenvalue weighted by atomic mass is 16.6. The van der Waals surface area contributed by atoms with Gasteiger partial charge in [0.15, 0.2) is 6.61 Å². The molecule has 0 bridgehead atoms. The molecule has 0 aromatic heterocycles. The van der Waals surface area contributed by atoms with E-state index < -0.39 is 6.10 Å². The lowest BCUT2D eigenvalue weighted by Gasteiger charge is -2.27. The van der Waals surface area contributed by atoms with Crippen LogP contribution in [0, 0.1) is 0 Å². The van der Waals surface area contributed by atoms with Crippen molar-refractivity contribution >= 4 is 5.97 Å². The molecule has 0 radical (unpaired) electrons. The molecule has 4 aromatic rings. The van der Waals surface area contributed by atoms with Crippen molar-refractivity contribution in [3.8, 4) is 11.5 Å². The van der Waals surface area contributed by atoms with Crippen LogP contribution in [0.4, 0.5) is 0 Å². The molecule has 0 aliphatic heterocycles. The summed E-state index contributed by atoms with van der Waals surface area (Å²) in [5, 5.41) is 14.8. The van der Waals surface area contributed by atoms with Gasteiger partial charge in [0.2, 0.25) is 0 Å². The fourth-order valence-corrected chi connectivity index (χ4v) is 5.56. The summed E-state index contributed by atoms with van der Waals surface area (Å²) < 4.78 is 22.8. The molecule has 1 unspecified atom stereocenters. The van der Waals surface area contributed by atoms with Crippen LogP contribution in [0.3, 0.4) is 0 Å². The van der Waals surface area contributed by atoms with Crippen molar-refractivity contribution in [2.75, 3.05) is 26.4 Å². The monoisotopic (exact) mass is 609 g/mol. The quantitative estimate of drug-likeness (QED) is 0.116. The molecule has 0 saturated carbocycles. The van der Waals surface area contributed by atoms with Gasteiger partial charge in [-0.15, -0.1) is 0 Å². The van der Waals surface area contributed by atoms with Gasteiger partial charge in [-0.05, 0) is 90.3 Å². The van der Waals surface area contributed by atoms with Crippen LogP contribution in [-0.4, -0.2) is 43.5 Å². The molecule has 45 heavy (non-hydrogen) atoms. The van der Waals surface area contributed by atoms with Gasteiger partial charge in [-0.2, -0.15) is 0 Å². The number of nitrogens with one attached hydrogen (secondary N) is 1. The minimum absolute atomic E-state index is 0.0995. The lowest BCUT2D eigenvalue weighted by molar-refractivity contribution is -0.145. The molecule has 0 amide bonds. The lowest BCUT2D eigenvalue weighted by atomic mass is 9.88. The summed E-state index contributed by atoms with van der Waals surface area (Å²) in [7, 11) is 0. The highest BCUT2D eigenvalue weighted by Gasteiger charge is 2.21. The van der Waals surface area contributed by atoms with Gasteiger partial charge in [0.1, 0.15) is 18.1 Å². The van der Waals surface area contributed by atoms with Crippen molar-refractivity contribution < 1.29 is 28.8 Å². The van der Waals surface area contributed by atoms with Crippen molar-refractivity contribution in [1.82, 2.24) is 5.32 Å². The summed E-state index contributed by atoms with van der Waals surface area (Å²) in [6.07, 6.45) is 2.76. The first kappa shape index (κ1) is 32.2. The first-order valence-corrected chi connectivity index (χ1v) is 15.8. The topological polar surface area (TPSA) is 86.3 Å². The minimum Gasteiger partial charge on any atom is -0.489 e. The van der Waals surface area contributed by atoms with Crippen molar-refractivity contribution in [2.24, 2.45) is 0 Å². The number of hydrogen-bond donors (Lipinski definition) is 2. The third-order valence-electron chi connectivity index (χ3n) is 8.00. The molecule has 7 heteroatoms. The standard InChI is InChI=1S/C38H43NO6/c1-2-43-38(41)27-44-35-17-14-30-13-16-34(22-33(30)23-35)39-24-36(40)31-15-18-37(45-26-29-11-7-4-8-12-29)32(21-31)19-20-42-25-28-9-5-3-6-10-28/h3-12,14-15,17-18,21,23,34,36,39-40H,2,13,16,19-20,22,24-27H2,1H3/t34-,36?/m0/s1. The van der Waals surface area contributed by atoms with Gasteiger partial charge in [-0.1, -0.05) is 72.8 Å². The molecule has 4 aromatic carbocycles. The molecule has 236 valence electrons. The van der Waals surface area contributed by atoms with Crippen LogP contribution in [0.1, 0.15) is 52.8 Å². The van der Waals surface area contributed by atoms with Crippen LogP contribution in [0.5, 0.6) is 11.5 Å². The molecule has 2 atom stereocenters. The molecule has 0 saturated heterocycles. The van der Waals surface area contributed by atoms with E-state index in [1.54, 1.807) is 6.92 Å². The SMILES string of the molecule is CCOC(=O)COc1ccc2c(c1)C[C@@H](NCC(O)c1ccc(OCc3ccccc3)c(CCOCc3ccccc3)c1)CC2. The van der Waals surface area contributed by atoms with Crippen LogP contribution in [0.15, 0.2) is 97.1 Å². The third kappa shape index (κ3) is 9.91. The number of esters is 1. The first-order chi connectivity index (χ1) is 22.1. The van der Waals surface area contributed by atoms with Crippen LogP contribution < -0.4 is 14.8 Å². The van der Waals surface area contributed by atoms with Gasteiger partial charge in [-0.3, -0.25) is 0 Å². The summed E-state index contributed by atoms with van der Waals surface area (Å²) in [4.78, 5) is 11.7. The smallest absolute Gasteiger partial charge is 0.344 e. The molecule has 1 aliphatic rings. The summed E-state index contributed by atoms with van der Waals surface area (Å²) in [6.45, 7) is 4.02. The molecule has 0 heterocycles. The average Bonchev–Trinajstić information content (AvgIpc) is 3.08. The molecule has 0 fully saturated rings. The number of ether oxygens (including phenoxy) is 4. The number of carbonyl (C=O) groups is 1. The molecule has 7 nitrogen and oxygen atoms in total. The molecular formula is C38H43NO6. The van der Waals surface area contributed by atoms with E-state index in [4.69, 9.17) is 18.9 Å². The zero-order valence-electron chi connectivity index (χ0n) is 26.0. The summed E-state index contributed by atoms with van der Waals surface area (Å²) in [6, 6.07) is 32.4. The maximum absolute atomic E-state index is 11.7. The fraction of sp³-hybridized carbons (Fsp3) is 0.342. The van der Waals surface area contributed by atoms with Gasteiger partial charge in [-0.25, -0.2) is 4.79 Å². The van der Waals surface area contributed by atoms with E-state index in [-0.39, 0.29) is 18.6 Å². The number of benzene rings is 4. The van der Waals surface area contributed by atoms with E-state index in [0.717, 1.165) is 47.3 Å². The average molecular weight is 610 g/mol. The van der Waals surface area contributed by atoms with E-state index in [9.17, 15) is 9.90 Å². The van der Waals surface area contributed by atoms with Crippen molar-refractivity contribution in [3.05, 3.63) is 130 Å². The second-order valence-corrected chi connectivity index (χ2v) is 11.3. The molecule has 2 N–H and O–H groups in total. The van der Waals surface area contributed by atoms with Gasteiger partial charge >= 0.3 is 5.97 Å². The second-order valence-electron chi connectivity index (χ2n) is 11.3.